The molecule has 0 bridgehead atoms. The molecule has 0 aromatic carbocycles. The van der Waals surface area contributed by atoms with E-state index in [2.05, 4.69) is 37.9 Å². The highest BCUT2D eigenvalue weighted by Gasteiger charge is 2.26. The van der Waals surface area contributed by atoms with Crippen LogP contribution in [0, 0.1) is 11.3 Å². The number of carbonyl (C=O) groups excluding carboxylic acids is 1. The zero-order valence-electron chi connectivity index (χ0n) is 13.0. The van der Waals surface area contributed by atoms with Gasteiger partial charge in [0.2, 0.25) is 5.91 Å². The van der Waals surface area contributed by atoms with Crippen LogP contribution in [0.15, 0.2) is 0 Å². The molecule has 1 amide bonds. The van der Waals surface area contributed by atoms with Gasteiger partial charge in [-0.05, 0) is 31.2 Å². The van der Waals surface area contributed by atoms with Crippen molar-refractivity contribution in [2.45, 2.75) is 53.0 Å². The number of nitrogens with two attached hydrogens (primary N) is 1. The molecule has 0 aromatic heterocycles. The predicted octanol–water partition coefficient (Wildman–Crippen LogP) is 1.60. The topological polar surface area (TPSA) is 58.4 Å². The zero-order valence-corrected chi connectivity index (χ0v) is 13.0. The normalized spacial score (nSPS) is 20.3. The monoisotopic (exact) mass is 269 g/mol. The van der Waals surface area contributed by atoms with E-state index in [0.29, 0.717) is 12.6 Å². The molecule has 1 fully saturated rings. The lowest BCUT2D eigenvalue weighted by Crippen LogP contribution is -2.47. The minimum absolute atomic E-state index is 0.0517. The van der Waals surface area contributed by atoms with Gasteiger partial charge in [0.05, 0.1) is 5.92 Å². The summed E-state index contributed by atoms with van der Waals surface area (Å²) in [5.41, 5.74) is 5.91. The number of nitrogens with one attached hydrogen (secondary N) is 1. The Bertz CT molecular complexity index is 278. The zero-order chi connectivity index (χ0) is 14.5. The number of hydrogen-bond acceptors (Lipinski definition) is 3. The number of likely N-dealkylation sites (tertiary alicyclic amines) is 1. The molecule has 3 N–H and O–H groups in total. The first kappa shape index (κ1) is 16.4. The third-order valence-electron chi connectivity index (χ3n) is 3.90. The maximum atomic E-state index is 12.3. The summed E-state index contributed by atoms with van der Waals surface area (Å²) in [4.78, 5) is 14.7. The highest BCUT2D eigenvalue weighted by molar-refractivity contribution is 5.79. The fraction of sp³-hybridized carbons (Fsp3) is 0.933. The van der Waals surface area contributed by atoms with Crippen LogP contribution in [0.4, 0.5) is 0 Å². The van der Waals surface area contributed by atoms with E-state index in [1.807, 2.05) is 0 Å². The van der Waals surface area contributed by atoms with Crippen LogP contribution in [-0.2, 0) is 4.79 Å². The van der Waals surface area contributed by atoms with Gasteiger partial charge in [0, 0.05) is 25.7 Å². The molecule has 1 aliphatic rings. The lowest BCUT2D eigenvalue weighted by Gasteiger charge is -2.33. The van der Waals surface area contributed by atoms with Crippen molar-refractivity contribution in [3.8, 4) is 0 Å². The van der Waals surface area contributed by atoms with Gasteiger partial charge in [-0.3, -0.25) is 4.79 Å². The molecular weight excluding hydrogens is 238 g/mol. The Morgan fingerprint density at radius 2 is 1.95 bits per heavy atom. The second-order valence-corrected chi connectivity index (χ2v) is 6.91. The lowest BCUT2D eigenvalue weighted by molar-refractivity contribution is -0.126. The Balaban J connectivity index is 2.41. The Hall–Kier alpha value is -0.610. The van der Waals surface area contributed by atoms with Gasteiger partial charge >= 0.3 is 0 Å². The van der Waals surface area contributed by atoms with E-state index < -0.39 is 0 Å². The van der Waals surface area contributed by atoms with Crippen molar-refractivity contribution in [3.63, 3.8) is 0 Å². The van der Waals surface area contributed by atoms with Crippen molar-refractivity contribution in [3.05, 3.63) is 0 Å². The van der Waals surface area contributed by atoms with Crippen LogP contribution < -0.4 is 11.1 Å². The van der Waals surface area contributed by atoms with Gasteiger partial charge < -0.3 is 16.0 Å². The number of rotatable bonds is 5. The molecule has 1 rings (SSSR count). The van der Waals surface area contributed by atoms with Crippen molar-refractivity contribution < 1.29 is 4.79 Å². The molecule has 0 saturated carbocycles. The first-order chi connectivity index (χ1) is 8.85. The van der Waals surface area contributed by atoms with E-state index in [1.54, 1.807) is 0 Å². The standard InChI is InChI=1S/C15H31N3O/c1-5-18-8-6-13(7-9-18)17-14(19)12(11-16)10-15(2,3)4/h12-13H,5-11,16H2,1-4H3,(H,17,19). The predicted molar refractivity (Wildman–Crippen MR) is 79.9 cm³/mol. The second kappa shape index (κ2) is 7.25. The highest BCUT2D eigenvalue weighted by atomic mass is 16.2. The van der Waals surface area contributed by atoms with Crippen LogP contribution in [0.5, 0.6) is 0 Å². The van der Waals surface area contributed by atoms with Gasteiger partial charge in [-0.2, -0.15) is 0 Å². The van der Waals surface area contributed by atoms with Gasteiger partial charge in [-0.15, -0.1) is 0 Å². The fourth-order valence-corrected chi connectivity index (χ4v) is 2.73. The summed E-state index contributed by atoms with van der Waals surface area (Å²) in [5.74, 6) is 0.0941. The molecule has 0 spiro atoms. The Kier molecular flexibility index (Phi) is 6.27. The largest absolute Gasteiger partial charge is 0.353 e. The van der Waals surface area contributed by atoms with Crippen molar-refractivity contribution >= 4 is 5.91 Å². The summed E-state index contributed by atoms with van der Waals surface area (Å²) in [6.45, 7) is 12.4. The van der Waals surface area contributed by atoms with E-state index in [4.69, 9.17) is 5.73 Å². The van der Waals surface area contributed by atoms with Gasteiger partial charge in [-0.1, -0.05) is 27.7 Å². The molecule has 0 radical (unpaired) electrons. The number of amides is 1. The number of piperidine rings is 1. The summed E-state index contributed by atoms with van der Waals surface area (Å²) in [5, 5.41) is 3.19. The summed E-state index contributed by atoms with van der Waals surface area (Å²) >= 11 is 0. The van der Waals surface area contributed by atoms with E-state index in [1.165, 1.54) is 0 Å². The maximum absolute atomic E-state index is 12.3. The quantitative estimate of drug-likeness (QED) is 0.797. The van der Waals surface area contributed by atoms with Crippen LogP contribution in [0.3, 0.4) is 0 Å². The molecule has 1 atom stereocenters. The summed E-state index contributed by atoms with van der Waals surface area (Å²) in [7, 11) is 0. The average Bonchev–Trinajstić information content (AvgIpc) is 2.35. The van der Waals surface area contributed by atoms with Crippen LogP contribution >= 0.6 is 0 Å². The first-order valence-corrected chi connectivity index (χ1v) is 7.58. The molecular formula is C15H31N3O. The Morgan fingerprint density at radius 3 is 2.37 bits per heavy atom. The highest BCUT2D eigenvalue weighted by Crippen LogP contribution is 2.24. The molecule has 1 saturated heterocycles. The Morgan fingerprint density at radius 1 is 1.37 bits per heavy atom. The van der Waals surface area contributed by atoms with E-state index in [-0.39, 0.29) is 17.2 Å². The van der Waals surface area contributed by atoms with Crippen LogP contribution in [-0.4, -0.2) is 43.0 Å². The molecule has 0 aromatic rings. The van der Waals surface area contributed by atoms with Crippen molar-refractivity contribution in [2.24, 2.45) is 17.1 Å². The van der Waals surface area contributed by atoms with Gasteiger partial charge in [0.1, 0.15) is 0 Å². The number of hydrogen-bond donors (Lipinski definition) is 2. The third kappa shape index (κ3) is 5.91. The lowest BCUT2D eigenvalue weighted by atomic mass is 9.84. The van der Waals surface area contributed by atoms with Crippen LogP contribution in [0.25, 0.3) is 0 Å². The van der Waals surface area contributed by atoms with Crippen LogP contribution in [0.2, 0.25) is 0 Å². The maximum Gasteiger partial charge on any atom is 0.224 e. The minimum atomic E-state index is -0.0517. The Labute approximate surface area is 118 Å². The van der Waals surface area contributed by atoms with Crippen molar-refractivity contribution in [1.82, 2.24) is 10.2 Å². The number of carbonyl (C=O) groups is 1. The smallest absolute Gasteiger partial charge is 0.224 e. The molecule has 1 heterocycles. The summed E-state index contributed by atoms with van der Waals surface area (Å²) in [6, 6.07) is 0.337. The number of nitrogens with zero attached hydrogens (tertiary/aromatic N) is 1. The van der Waals surface area contributed by atoms with Gasteiger partial charge in [0.15, 0.2) is 0 Å². The van der Waals surface area contributed by atoms with Gasteiger partial charge in [-0.25, -0.2) is 0 Å². The fourth-order valence-electron chi connectivity index (χ4n) is 2.73. The summed E-state index contributed by atoms with van der Waals surface area (Å²) < 4.78 is 0. The van der Waals surface area contributed by atoms with E-state index >= 15 is 0 Å². The van der Waals surface area contributed by atoms with Gasteiger partial charge in [0.25, 0.3) is 0 Å². The van der Waals surface area contributed by atoms with Crippen molar-refractivity contribution in [2.75, 3.05) is 26.2 Å². The first-order valence-electron chi connectivity index (χ1n) is 7.58. The minimum Gasteiger partial charge on any atom is -0.353 e. The molecule has 0 aliphatic carbocycles. The summed E-state index contributed by atoms with van der Waals surface area (Å²) in [6.07, 6.45) is 2.97. The SMILES string of the molecule is CCN1CCC(NC(=O)C(CN)CC(C)(C)C)CC1. The molecule has 1 unspecified atom stereocenters. The van der Waals surface area contributed by atoms with E-state index in [0.717, 1.165) is 38.9 Å². The van der Waals surface area contributed by atoms with Crippen molar-refractivity contribution in [1.29, 1.82) is 0 Å². The molecule has 4 nitrogen and oxygen atoms in total. The molecule has 112 valence electrons. The average molecular weight is 269 g/mol. The third-order valence-corrected chi connectivity index (χ3v) is 3.90. The van der Waals surface area contributed by atoms with E-state index in [9.17, 15) is 4.79 Å². The van der Waals surface area contributed by atoms with Crippen LogP contribution in [0.1, 0.15) is 47.0 Å². The molecule has 1 aliphatic heterocycles. The molecule has 4 heteroatoms. The second-order valence-electron chi connectivity index (χ2n) is 6.91. The molecule has 19 heavy (non-hydrogen) atoms.